The number of hydrogen-bond donors (Lipinski definition) is 1. The fraction of sp³-hybridized carbons (Fsp3) is 0.789. The molecule has 4 nitrogen and oxygen atoms in total. The second kappa shape index (κ2) is 6.42. The number of amides is 1. The maximum atomic E-state index is 13.4. The van der Waals surface area contributed by atoms with Gasteiger partial charge in [0.1, 0.15) is 5.82 Å². The number of rotatable bonds is 4. The first-order valence-corrected chi connectivity index (χ1v) is 9.50. The van der Waals surface area contributed by atoms with E-state index in [0.717, 1.165) is 0 Å². The summed E-state index contributed by atoms with van der Waals surface area (Å²) in [7, 11) is 0. The predicted molar refractivity (Wildman–Crippen MR) is 94.5 cm³/mol. The van der Waals surface area contributed by atoms with Crippen LogP contribution in [0.3, 0.4) is 0 Å². The van der Waals surface area contributed by atoms with E-state index in [4.69, 9.17) is 0 Å². The van der Waals surface area contributed by atoms with Gasteiger partial charge in [-0.2, -0.15) is 18.3 Å². The molecular formula is C19H26F5N3O. The minimum atomic E-state index is -4.43. The number of alkyl halides is 5. The molecule has 1 aromatic heterocycles. The van der Waals surface area contributed by atoms with Gasteiger partial charge in [-0.25, -0.2) is 13.5 Å². The van der Waals surface area contributed by atoms with Crippen LogP contribution in [0.4, 0.5) is 27.8 Å². The van der Waals surface area contributed by atoms with E-state index >= 15 is 0 Å². The molecule has 1 amide bonds. The molecule has 2 aliphatic rings. The summed E-state index contributed by atoms with van der Waals surface area (Å²) in [6, 6.07) is 0. The average molecular weight is 407 g/mol. The molecule has 0 spiro atoms. The molecule has 0 unspecified atom stereocenters. The lowest BCUT2D eigenvalue weighted by Gasteiger charge is -2.42. The highest BCUT2D eigenvalue weighted by Crippen LogP contribution is 2.55. The van der Waals surface area contributed by atoms with Crippen molar-refractivity contribution in [3.63, 3.8) is 0 Å². The van der Waals surface area contributed by atoms with Crippen LogP contribution in [-0.2, 0) is 10.3 Å². The highest BCUT2D eigenvalue weighted by Gasteiger charge is 2.59. The summed E-state index contributed by atoms with van der Waals surface area (Å²) in [6.45, 7) is 7.16. The van der Waals surface area contributed by atoms with Crippen molar-refractivity contribution in [1.82, 2.24) is 9.78 Å². The fourth-order valence-electron chi connectivity index (χ4n) is 4.04. The number of nitrogens with zero attached hydrogens (tertiary/aromatic N) is 2. The van der Waals surface area contributed by atoms with E-state index in [9.17, 15) is 26.7 Å². The summed E-state index contributed by atoms with van der Waals surface area (Å²) in [4.78, 5) is 12.5. The molecule has 2 aliphatic carbocycles. The molecule has 3 rings (SSSR count). The smallest absolute Gasteiger partial charge is 0.311 e. The van der Waals surface area contributed by atoms with Gasteiger partial charge < -0.3 is 5.32 Å². The number of aromatic nitrogens is 2. The summed E-state index contributed by atoms with van der Waals surface area (Å²) in [5.41, 5.74) is -1.52. The van der Waals surface area contributed by atoms with Gasteiger partial charge in [-0.3, -0.25) is 4.79 Å². The largest absolute Gasteiger partial charge is 0.395 e. The van der Waals surface area contributed by atoms with Crippen molar-refractivity contribution in [2.75, 3.05) is 5.32 Å². The van der Waals surface area contributed by atoms with E-state index in [1.54, 1.807) is 6.92 Å². The quantitative estimate of drug-likeness (QED) is 0.668. The topological polar surface area (TPSA) is 46.9 Å². The number of carbonyl (C=O) groups excluding carboxylic acids is 1. The molecule has 0 aromatic carbocycles. The minimum Gasteiger partial charge on any atom is -0.311 e. The zero-order chi connectivity index (χ0) is 21.1. The van der Waals surface area contributed by atoms with Crippen molar-refractivity contribution >= 4 is 11.7 Å². The van der Waals surface area contributed by atoms with Crippen LogP contribution in [0, 0.1) is 12.3 Å². The Balaban J connectivity index is 1.84. The van der Waals surface area contributed by atoms with Crippen LogP contribution in [0.15, 0.2) is 0 Å². The molecule has 2 fully saturated rings. The van der Waals surface area contributed by atoms with Gasteiger partial charge >= 0.3 is 6.18 Å². The van der Waals surface area contributed by atoms with Crippen molar-refractivity contribution in [2.45, 2.75) is 89.8 Å². The monoisotopic (exact) mass is 407 g/mol. The molecule has 158 valence electrons. The second-order valence-electron chi connectivity index (χ2n) is 9.26. The summed E-state index contributed by atoms with van der Waals surface area (Å²) < 4.78 is 68.2. The van der Waals surface area contributed by atoms with Crippen LogP contribution < -0.4 is 5.32 Å². The van der Waals surface area contributed by atoms with Crippen LogP contribution in [-0.4, -0.2) is 27.8 Å². The molecule has 1 N–H and O–H groups in total. The molecule has 2 saturated carbocycles. The Morgan fingerprint density at radius 2 is 1.79 bits per heavy atom. The Labute approximate surface area is 160 Å². The Bertz CT molecular complexity index is 764. The lowest BCUT2D eigenvalue weighted by Crippen LogP contribution is -2.46. The molecule has 0 atom stereocenters. The standard InChI is InChI=1S/C19H26F5N3O/c1-11-14(12-8-18(20,21)9-12)26-27(16(2,3)4)15(11)25-13(28)10-17(6-5-7-17)19(22,23)24/h12H,5-10H2,1-4H3,(H,25,28). The predicted octanol–water partition coefficient (Wildman–Crippen LogP) is 5.52. The van der Waals surface area contributed by atoms with Crippen molar-refractivity contribution in [2.24, 2.45) is 5.41 Å². The summed E-state index contributed by atoms with van der Waals surface area (Å²) in [6.07, 6.45) is -5.33. The Morgan fingerprint density at radius 3 is 2.18 bits per heavy atom. The Hall–Kier alpha value is -1.67. The summed E-state index contributed by atoms with van der Waals surface area (Å²) in [5, 5.41) is 7.05. The highest BCUT2D eigenvalue weighted by atomic mass is 19.4. The normalized spacial score (nSPS) is 21.8. The first-order valence-electron chi connectivity index (χ1n) is 9.50. The Kier molecular flexibility index (Phi) is 4.83. The molecule has 1 aromatic rings. The Morgan fingerprint density at radius 1 is 1.21 bits per heavy atom. The number of halogens is 5. The van der Waals surface area contributed by atoms with Crippen molar-refractivity contribution in [3.8, 4) is 0 Å². The van der Waals surface area contributed by atoms with E-state index in [0.29, 0.717) is 23.5 Å². The molecule has 0 aliphatic heterocycles. The third kappa shape index (κ3) is 3.64. The van der Waals surface area contributed by atoms with E-state index in [-0.39, 0.29) is 25.7 Å². The zero-order valence-electron chi connectivity index (χ0n) is 16.5. The third-order valence-electron chi connectivity index (χ3n) is 5.94. The van der Waals surface area contributed by atoms with Gasteiger partial charge in [0.2, 0.25) is 11.8 Å². The molecule has 0 bridgehead atoms. The second-order valence-corrected chi connectivity index (χ2v) is 9.26. The number of carbonyl (C=O) groups is 1. The number of nitrogens with one attached hydrogen (secondary N) is 1. The average Bonchev–Trinajstić information content (AvgIpc) is 2.76. The van der Waals surface area contributed by atoms with Crippen LogP contribution in [0.5, 0.6) is 0 Å². The number of anilines is 1. The van der Waals surface area contributed by atoms with Crippen LogP contribution in [0.25, 0.3) is 0 Å². The van der Waals surface area contributed by atoms with Gasteiger partial charge in [-0.1, -0.05) is 6.42 Å². The van der Waals surface area contributed by atoms with Gasteiger partial charge in [0.05, 0.1) is 16.6 Å². The lowest BCUT2D eigenvalue weighted by molar-refractivity contribution is -0.251. The van der Waals surface area contributed by atoms with Crippen molar-refractivity contribution < 1.29 is 26.7 Å². The minimum absolute atomic E-state index is 0.0517. The lowest BCUT2D eigenvalue weighted by atomic mass is 9.66. The SMILES string of the molecule is Cc1c(C2CC(F)(F)C2)nn(C(C)(C)C)c1NC(=O)CC1(C(F)(F)F)CCC1. The van der Waals surface area contributed by atoms with Crippen LogP contribution in [0.1, 0.15) is 76.5 Å². The third-order valence-corrected chi connectivity index (χ3v) is 5.94. The van der Waals surface area contributed by atoms with Gasteiger partial charge in [0.25, 0.3) is 0 Å². The number of hydrogen-bond acceptors (Lipinski definition) is 2. The first kappa shape index (κ1) is 21.0. The van der Waals surface area contributed by atoms with Gasteiger partial charge in [0.15, 0.2) is 0 Å². The van der Waals surface area contributed by atoms with E-state index in [1.807, 2.05) is 20.8 Å². The zero-order valence-corrected chi connectivity index (χ0v) is 16.5. The maximum Gasteiger partial charge on any atom is 0.395 e. The van der Waals surface area contributed by atoms with Gasteiger partial charge in [-0.15, -0.1) is 0 Å². The summed E-state index contributed by atoms with van der Waals surface area (Å²) in [5.74, 6) is -3.56. The van der Waals surface area contributed by atoms with Gasteiger partial charge in [-0.05, 0) is 40.5 Å². The fourth-order valence-corrected chi connectivity index (χ4v) is 4.04. The molecule has 9 heteroatoms. The van der Waals surface area contributed by atoms with Crippen LogP contribution >= 0.6 is 0 Å². The van der Waals surface area contributed by atoms with Crippen molar-refractivity contribution in [1.29, 1.82) is 0 Å². The van der Waals surface area contributed by atoms with Crippen molar-refractivity contribution in [3.05, 3.63) is 11.3 Å². The van der Waals surface area contributed by atoms with E-state index in [1.165, 1.54) is 4.68 Å². The molecule has 0 saturated heterocycles. The van der Waals surface area contributed by atoms with Gasteiger partial charge in [0, 0.05) is 30.7 Å². The summed E-state index contributed by atoms with van der Waals surface area (Å²) >= 11 is 0. The first-order chi connectivity index (χ1) is 12.7. The molecule has 28 heavy (non-hydrogen) atoms. The molecule has 0 radical (unpaired) electrons. The van der Waals surface area contributed by atoms with E-state index in [2.05, 4.69) is 10.4 Å². The molecule has 1 heterocycles. The van der Waals surface area contributed by atoms with Crippen LogP contribution in [0.2, 0.25) is 0 Å². The maximum absolute atomic E-state index is 13.4. The van der Waals surface area contributed by atoms with E-state index < -0.39 is 41.3 Å². The molecular weight excluding hydrogens is 381 g/mol. The highest BCUT2D eigenvalue weighted by molar-refractivity contribution is 5.91.